The van der Waals surface area contributed by atoms with Gasteiger partial charge in [-0.3, -0.25) is 0 Å². The Hall–Kier alpha value is -0.970. The van der Waals surface area contributed by atoms with Gasteiger partial charge < -0.3 is 8.97 Å². The van der Waals surface area contributed by atoms with Crippen molar-refractivity contribution in [1.82, 2.24) is 4.72 Å². The standard InChI is InChI=1S/C16H23NO2S/c1-6-12-13-9-7-8-10-14(13)19-15(12)11(2)17-20(18)16(3,4)5/h7-11,17H,6H2,1-5H3/t11-,20?/m1/s1. The van der Waals surface area contributed by atoms with E-state index in [4.69, 9.17) is 4.42 Å². The molecular weight excluding hydrogens is 270 g/mol. The number of hydrogen-bond acceptors (Lipinski definition) is 3. The molecule has 4 heteroatoms. The molecule has 0 fully saturated rings. The molecule has 110 valence electrons. The summed E-state index contributed by atoms with van der Waals surface area (Å²) in [6.45, 7) is 10.0. The molecule has 1 aromatic heterocycles. The van der Waals surface area contributed by atoms with Gasteiger partial charge in [-0.2, -0.15) is 0 Å². The van der Waals surface area contributed by atoms with Crippen molar-refractivity contribution in [1.29, 1.82) is 0 Å². The number of fused-ring (bicyclic) bond motifs is 1. The van der Waals surface area contributed by atoms with Gasteiger partial charge in [-0.15, -0.1) is 4.72 Å². The molecule has 0 amide bonds. The van der Waals surface area contributed by atoms with Crippen LogP contribution in [-0.4, -0.2) is 9.30 Å². The van der Waals surface area contributed by atoms with E-state index in [-0.39, 0.29) is 10.8 Å². The average molecular weight is 293 g/mol. The largest absolute Gasteiger partial charge is 0.598 e. The molecule has 3 nitrogen and oxygen atoms in total. The van der Waals surface area contributed by atoms with E-state index in [0.29, 0.717) is 0 Å². The van der Waals surface area contributed by atoms with Crippen molar-refractivity contribution in [2.75, 3.05) is 0 Å². The number of hydrogen-bond donors (Lipinski definition) is 1. The van der Waals surface area contributed by atoms with Crippen LogP contribution in [0, 0.1) is 0 Å². The lowest BCUT2D eigenvalue weighted by Crippen LogP contribution is -2.40. The second-order valence-corrected chi connectivity index (χ2v) is 8.01. The van der Waals surface area contributed by atoms with Crippen LogP contribution in [0.2, 0.25) is 0 Å². The van der Waals surface area contributed by atoms with E-state index in [1.54, 1.807) is 0 Å². The minimum atomic E-state index is -1.11. The molecule has 0 spiro atoms. The summed E-state index contributed by atoms with van der Waals surface area (Å²) in [5.41, 5.74) is 2.10. The molecule has 0 aliphatic rings. The zero-order valence-corrected chi connectivity index (χ0v) is 13.6. The van der Waals surface area contributed by atoms with Crippen LogP contribution in [0.4, 0.5) is 0 Å². The van der Waals surface area contributed by atoms with Gasteiger partial charge in [-0.05, 0) is 40.2 Å². The first kappa shape index (κ1) is 15.4. The van der Waals surface area contributed by atoms with Gasteiger partial charge in [0.15, 0.2) is 0 Å². The maximum Gasteiger partial charge on any atom is 0.136 e. The van der Waals surface area contributed by atoms with Gasteiger partial charge in [0.2, 0.25) is 0 Å². The van der Waals surface area contributed by atoms with Crippen LogP contribution in [0.15, 0.2) is 28.7 Å². The van der Waals surface area contributed by atoms with Gasteiger partial charge in [0, 0.05) is 22.3 Å². The van der Waals surface area contributed by atoms with Gasteiger partial charge in [-0.1, -0.05) is 25.1 Å². The minimum Gasteiger partial charge on any atom is -0.598 e. The predicted molar refractivity (Wildman–Crippen MR) is 85.0 cm³/mol. The van der Waals surface area contributed by atoms with E-state index < -0.39 is 11.4 Å². The van der Waals surface area contributed by atoms with Gasteiger partial charge in [0.25, 0.3) is 0 Å². The molecule has 2 atom stereocenters. The molecule has 1 N–H and O–H groups in total. The van der Waals surface area contributed by atoms with Crippen LogP contribution < -0.4 is 4.72 Å². The molecule has 2 aromatic rings. The van der Waals surface area contributed by atoms with Crippen molar-refractivity contribution in [3.8, 4) is 0 Å². The SMILES string of the molecule is CCc1c([C@@H](C)N[S+]([O-])C(C)(C)C)oc2ccccc12. The second-order valence-electron chi connectivity index (χ2n) is 6.02. The highest BCUT2D eigenvalue weighted by Gasteiger charge is 2.30. The number of para-hydroxylation sites is 1. The third kappa shape index (κ3) is 3.03. The zero-order valence-electron chi connectivity index (χ0n) is 12.8. The van der Waals surface area contributed by atoms with Gasteiger partial charge >= 0.3 is 0 Å². The smallest absolute Gasteiger partial charge is 0.136 e. The Bertz CT molecular complexity index is 586. The van der Waals surface area contributed by atoms with E-state index >= 15 is 0 Å². The lowest BCUT2D eigenvalue weighted by molar-refractivity contribution is 0.471. The number of rotatable bonds is 4. The molecule has 0 saturated carbocycles. The topological polar surface area (TPSA) is 48.2 Å². The molecule has 2 rings (SSSR count). The summed E-state index contributed by atoms with van der Waals surface area (Å²) in [6, 6.07) is 7.98. The molecule has 1 heterocycles. The summed E-state index contributed by atoms with van der Waals surface area (Å²) in [6.07, 6.45) is 0.903. The first-order valence-corrected chi connectivity index (χ1v) is 8.18. The lowest BCUT2D eigenvalue weighted by atomic mass is 10.1. The Morgan fingerprint density at radius 2 is 1.95 bits per heavy atom. The number of nitrogens with one attached hydrogen (secondary N) is 1. The number of aryl methyl sites for hydroxylation is 1. The van der Waals surface area contributed by atoms with Crippen LogP contribution in [-0.2, 0) is 17.8 Å². The summed E-state index contributed by atoms with van der Waals surface area (Å²) in [5, 5.41) is 1.15. The van der Waals surface area contributed by atoms with Crippen molar-refractivity contribution in [3.63, 3.8) is 0 Å². The van der Waals surface area contributed by atoms with Crippen LogP contribution in [0.5, 0.6) is 0 Å². The highest BCUT2D eigenvalue weighted by Crippen LogP contribution is 2.31. The quantitative estimate of drug-likeness (QED) is 0.863. The van der Waals surface area contributed by atoms with Crippen LogP contribution in [0.3, 0.4) is 0 Å². The lowest BCUT2D eigenvalue weighted by Gasteiger charge is -2.26. The average Bonchev–Trinajstić information content (AvgIpc) is 2.75. The third-order valence-electron chi connectivity index (χ3n) is 3.32. The first-order valence-electron chi connectivity index (χ1n) is 7.03. The maximum atomic E-state index is 12.2. The molecule has 0 aliphatic carbocycles. The Morgan fingerprint density at radius 3 is 2.55 bits per heavy atom. The van der Waals surface area contributed by atoms with Gasteiger partial charge in [-0.25, -0.2) is 0 Å². The monoisotopic (exact) mass is 293 g/mol. The molecule has 1 unspecified atom stereocenters. The normalized spacial score (nSPS) is 15.5. The van der Waals surface area contributed by atoms with Gasteiger partial charge in [0.05, 0.1) is 0 Å². The van der Waals surface area contributed by atoms with Crippen LogP contribution in [0.1, 0.15) is 52.0 Å². The van der Waals surface area contributed by atoms with Crippen molar-refractivity contribution < 1.29 is 8.97 Å². The van der Waals surface area contributed by atoms with E-state index in [1.807, 2.05) is 45.9 Å². The van der Waals surface area contributed by atoms with E-state index in [1.165, 1.54) is 5.56 Å². The highest BCUT2D eigenvalue weighted by molar-refractivity contribution is 7.90. The van der Waals surface area contributed by atoms with E-state index in [0.717, 1.165) is 23.2 Å². The van der Waals surface area contributed by atoms with Gasteiger partial charge in [0.1, 0.15) is 22.1 Å². The first-order chi connectivity index (χ1) is 9.34. The maximum absolute atomic E-state index is 12.2. The number of furan rings is 1. The Morgan fingerprint density at radius 1 is 1.30 bits per heavy atom. The third-order valence-corrected chi connectivity index (χ3v) is 5.00. The molecule has 0 aliphatic heterocycles. The van der Waals surface area contributed by atoms with E-state index in [9.17, 15) is 4.55 Å². The summed E-state index contributed by atoms with van der Waals surface area (Å²) < 4.78 is 21.1. The Kier molecular flexibility index (Phi) is 4.47. The summed E-state index contributed by atoms with van der Waals surface area (Å²) >= 11 is -1.11. The zero-order chi connectivity index (χ0) is 14.9. The second kappa shape index (κ2) is 5.80. The molecule has 1 aromatic carbocycles. The van der Waals surface area contributed by atoms with Crippen LogP contribution in [0.25, 0.3) is 11.0 Å². The van der Waals surface area contributed by atoms with Crippen molar-refractivity contribution >= 4 is 22.3 Å². The van der Waals surface area contributed by atoms with Crippen LogP contribution >= 0.6 is 0 Å². The fourth-order valence-electron chi connectivity index (χ4n) is 2.22. The Labute approximate surface area is 124 Å². The minimum absolute atomic E-state index is 0.0718. The number of benzene rings is 1. The molecule has 20 heavy (non-hydrogen) atoms. The predicted octanol–water partition coefficient (Wildman–Crippen LogP) is 4.11. The fraction of sp³-hybridized carbons (Fsp3) is 0.500. The van der Waals surface area contributed by atoms with E-state index in [2.05, 4.69) is 17.7 Å². The summed E-state index contributed by atoms with van der Waals surface area (Å²) in [7, 11) is 0. The molecule has 0 radical (unpaired) electrons. The molecule has 0 saturated heterocycles. The van der Waals surface area contributed by atoms with Crippen molar-refractivity contribution in [2.24, 2.45) is 0 Å². The molecular formula is C16H23NO2S. The molecule has 0 bridgehead atoms. The fourth-order valence-corrected chi connectivity index (χ4v) is 3.00. The van der Waals surface area contributed by atoms with Crippen molar-refractivity contribution in [2.45, 2.75) is 51.8 Å². The van der Waals surface area contributed by atoms with Crippen molar-refractivity contribution in [3.05, 3.63) is 35.6 Å². The summed E-state index contributed by atoms with van der Waals surface area (Å²) in [5.74, 6) is 0.895. The highest BCUT2D eigenvalue weighted by atomic mass is 32.2. The summed E-state index contributed by atoms with van der Waals surface area (Å²) in [4.78, 5) is 0. The Balaban J connectivity index is 2.32.